The zero-order valence-electron chi connectivity index (χ0n) is 11.3. The molecule has 4 nitrogen and oxygen atoms in total. The van der Waals surface area contributed by atoms with Gasteiger partial charge in [0, 0.05) is 17.8 Å². The fourth-order valence-electron chi connectivity index (χ4n) is 2.63. The lowest BCUT2D eigenvalue weighted by molar-refractivity contribution is 0.316. The first kappa shape index (κ1) is 12.1. The van der Waals surface area contributed by atoms with E-state index < -0.39 is 0 Å². The lowest BCUT2D eigenvalue weighted by atomic mass is 9.67. The van der Waals surface area contributed by atoms with Crippen LogP contribution in [-0.4, -0.2) is 15.1 Å². The van der Waals surface area contributed by atoms with E-state index in [0.717, 1.165) is 24.2 Å². The molecule has 0 amide bonds. The van der Waals surface area contributed by atoms with E-state index >= 15 is 0 Å². The Kier molecular flexibility index (Phi) is 2.73. The fraction of sp³-hybridized carbons (Fsp3) is 0.400. The number of aromatic nitrogens is 3. The van der Waals surface area contributed by atoms with Crippen LogP contribution in [-0.2, 0) is 11.8 Å². The molecule has 1 aliphatic carbocycles. The maximum absolute atomic E-state index is 5.36. The fourth-order valence-corrected chi connectivity index (χ4v) is 2.63. The normalized spacial score (nSPS) is 17.3. The highest BCUT2D eigenvalue weighted by Crippen LogP contribution is 2.44. The second kappa shape index (κ2) is 4.30. The van der Waals surface area contributed by atoms with Crippen LogP contribution in [0.1, 0.15) is 42.6 Å². The number of rotatable bonds is 3. The van der Waals surface area contributed by atoms with Crippen molar-refractivity contribution in [3.63, 3.8) is 0 Å². The van der Waals surface area contributed by atoms with Gasteiger partial charge in [-0.25, -0.2) is 0 Å². The second-order valence-corrected chi connectivity index (χ2v) is 5.65. The van der Waals surface area contributed by atoms with Gasteiger partial charge in [-0.15, -0.1) is 0 Å². The minimum absolute atomic E-state index is 0.0167. The Hall–Kier alpha value is -1.97. The standard InChI is InChI=1S/C15H17N3O/c1-10-7-15(3,8-10)14-17-13(19-18-14)6-12-9-16-5-4-11(12)2/h4-5,9H,1,6-8H2,2-3H3. The van der Waals surface area contributed by atoms with Crippen molar-refractivity contribution in [2.24, 2.45) is 0 Å². The molecule has 0 bridgehead atoms. The largest absolute Gasteiger partial charge is 0.339 e. The van der Waals surface area contributed by atoms with Crippen molar-refractivity contribution in [3.05, 3.63) is 53.5 Å². The van der Waals surface area contributed by atoms with Crippen LogP contribution in [0.15, 0.2) is 35.1 Å². The first-order valence-electron chi connectivity index (χ1n) is 6.46. The van der Waals surface area contributed by atoms with Gasteiger partial charge in [0.25, 0.3) is 0 Å². The SMILES string of the molecule is C=C1CC(C)(c2noc(Cc3cnccc3C)n2)C1. The number of hydrogen-bond acceptors (Lipinski definition) is 4. The quantitative estimate of drug-likeness (QED) is 0.791. The maximum Gasteiger partial charge on any atom is 0.231 e. The number of nitrogens with zero attached hydrogens (tertiary/aromatic N) is 3. The molecular weight excluding hydrogens is 238 g/mol. The highest BCUT2D eigenvalue weighted by atomic mass is 16.5. The molecule has 0 saturated heterocycles. The molecular formula is C15H17N3O. The van der Waals surface area contributed by atoms with E-state index in [1.165, 1.54) is 11.1 Å². The smallest absolute Gasteiger partial charge is 0.231 e. The summed E-state index contributed by atoms with van der Waals surface area (Å²) in [5.41, 5.74) is 3.60. The van der Waals surface area contributed by atoms with Crippen LogP contribution in [0.25, 0.3) is 0 Å². The zero-order valence-corrected chi connectivity index (χ0v) is 11.3. The number of aryl methyl sites for hydroxylation is 1. The van der Waals surface area contributed by atoms with Gasteiger partial charge in [0.1, 0.15) is 0 Å². The van der Waals surface area contributed by atoms with Gasteiger partial charge in [0.05, 0.1) is 6.42 Å². The summed E-state index contributed by atoms with van der Waals surface area (Å²) in [6, 6.07) is 1.99. The summed E-state index contributed by atoms with van der Waals surface area (Å²) in [6.45, 7) is 8.19. The molecule has 0 aliphatic heterocycles. The van der Waals surface area contributed by atoms with Gasteiger partial charge in [-0.05, 0) is 37.0 Å². The van der Waals surface area contributed by atoms with Crippen molar-refractivity contribution < 1.29 is 4.52 Å². The molecule has 0 spiro atoms. The average Bonchev–Trinajstić information content (AvgIpc) is 2.79. The van der Waals surface area contributed by atoms with Crippen LogP contribution in [0.3, 0.4) is 0 Å². The van der Waals surface area contributed by atoms with E-state index in [1.807, 2.05) is 12.3 Å². The van der Waals surface area contributed by atoms with Gasteiger partial charge in [-0.1, -0.05) is 24.2 Å². The topological polar surface area (TPSA) is 51.8 Å². The van der Waals surface area contributed by atoms with Crippen LogP contribution < -0.4 is 0 Å². The van der Waals surface area contributed by atoms with Gasteiger partial charge < -0.3 is 4.52 Å². The molecule has 0 N–H and O–H groups in total. The molecule has 1 aliphatic rings. The molecule has 98 valence electrons. The number of hydrogen-bond donors (Lipinski definition) is 0. The minimum atomic E-state index is 0.0167. The Balaban J connectivity index is 1.79. The van der Waals surface area contributed by atoms with E-state index in [4.69, 9.17) is 4.52 Å². The van der Waals surface area contributed by atoms with Crippen molar-refractivity contribution in [2.45, 2.75) is 38.5 Å². The molecule has 2 aromatic heterocycles. The third kappa shape index (κ3) is 2.18. The minimum Gasteiger partial charge on any atom is -0.339 e. The molecule has 1 saturated carbocycles. The van der Waals surface area contributed by atoms with Crippen molar-refractivity contribution >= 4 is 0 Å². The van der Waals surface area contributed by atoms with Gasteiger partial charge >= 0.3 is 0 Å². The molecule has 2 heterocycles. The Bertz CT molecular complexity index is 622. The van der Waals surface area contributed by atoms with E-state index in [-0.39, 0.29) is 5.41 Å². The van der Waals surface area contributed by atoms with Crippen LogP contribution in [0.5, 0.6) is 0 Å². The highest BCUT2D eigenvalue weighted by molar-refractivity contribution is 5.27. The second-order valence-electron chi connectivity index (χ2n) is 5.65. The third-order valence-corrected chi connectivity index (χ3v) is 3.78. The average molecular weight is 255 g/mol. The molecule has 4 heteroatoms. The van der Waals surface area contributed by atoms with Crippen molar-refractivity contribution in [1.82, 2.24) is 15.1 Å². The van der Waals surface area contributed by atoms with E-state index in [1.54, 1.807) is 6.20 Å². The summed E-state index contributed by atoms with van der Waals surface area (Å²) in [6.07, 6.45) is 6.20. The van der Waals surface area contributed by atoms with Crippen LogP contribution in [0.2, 0.25) is 0 Å². The van der Waals surface area contributed by atoms with Crippen molar-refractivity contribution in [1.29, 1.82) is 0 Å². The zero-order chi connectivity index (χ0) is 13.5. The summed E-state index contributed by atoms with van der Waals surface area (Å²) in [4.78, 5) is 8.66. The van der Waals surface area contributed by atoms with Crippen LogP contribution in [0.4, 0.5) is 0 Å². The van der Waals surface area contributed by atoms with Crippen LogP contribution in [0, 0.1) is 6.92 Å². The Labute approximate surface area is 112 Å². The molecule has 0 unspecified atom stereocenters. The summed E-state index contributed by atoms with van der Waals surface area (Å²) >= 11 is 0. The summed E-state index contributed by atoms with van der Waals surface area (Å²) in [5, 5.41) is 4.12. The molecule has 0 aromatic carbocycles. The third-order valence-electron chi connectivity index (χ3n) is 3.78. The van der Waals surface area contributed by atoms with Gasteiger partial charge in [-0.3, -0.25) is 4.98 Å². The first-order valence-corrected chi connectivity index (χ1v) is 6.46. The predicted molar refractivity (Wildman–Crippen MR) is 71.8 cm³/mol. The summed E-state index contributed by atoms with van der Waals surface area (Å²) in [7, 11) is 0. The lowest BCUT2D eigenvalue weighted by Crippen LogP contribution is -2.33. The molecule has 2 aromatic rings. The van der Waals surface area contributed by atoms with Gasteiger partial charge in [0.15, 0.2) is 5.82 Å². The number of pyridine rings is 1. The Morgan fingerprint density at radius 1 is 1.42 bits per heavy atom. The Morgan fingerprint density at radius 2 is 2.21 bits per heavy atom. The van der Waals surface area contributed by atoms with E-state index in [9.17, 15) is 0 Å². The van der Waals surface area contributed by atoms with Gasteiger partial charge in [0.2, 0.25) is 5.89 Å². The molecule has 0 atom stereocenters. The molecule has 1 fully saturated rings. The number of allylic oxidation sites excluding steroid dienone is 1. The Morgan fingerprint density at radius 3 is 2.89 bits per heavy atom. The monoisotopic (exact) mass is 255 g/mol. The first-order chi connectivity index (χ1) is 9.07. The summed E-state index contributed by atoms with van der Waals surface area (Å²) in [5.74, 6) is 1.46. The van der Waals surface area contributed by atoms with Gasteiger partial charge in [-0.2, -0.15) is 4.98 Å². The molecule has 0 radical (unpaired) electrons. The van der Waals surface area contributed by atoms with Crippen molar-refractivity contribution in [2.75, 3.05) is 0 Å². The highest BCUT2D eigenvalue weighted by Gasteiger charge is 2.40. The lowest BCUT2D eigenvalue weighted by Gasteiger charge is -2.37. The maximum atomic E-state index is 5.36. The van der Waals surface area contributed by atoms with Crippen molar-refractivity contribution in [3.8, 4) is 0 Å². The van der Waals surface area contributed by atoms with E-state index in [2.05, 4.69) is 35.6 Å². The summed E-state index contributed by atoms with van der Waals surface area (Å²) < 4.78 is 5.36. The molecule has 3 rings (SSSR count). The molecule has 19 heavy (non-hydrogen) atoms. The van der Waals surface area contributed by atoms with Crippen LogP contribution >= 0.6 is 0 Å². The predicted octanol–water partition coefficient (Wildman–Crippen LogP) is 2.97. The van der Waals surface area contributed by atoms with E-state index in [0.29, 0.717) is 12.3 Å².